The van der Waals surface area contributed by atoms with Crippen LogP contribution in [0.1, 0.15) is 263 Å². The van der Waals surface area contributed by atoms with E-state index in [0.29, 0.717) is 0 Å². The van der Waals surface area contributed by atoms with E-state index in [4.69, 9.17) is 9.47 Å². The lowest BCUT2D eigenvalue weighted by molar-refractivity contribution is 0.479. The number of rotatable bonds is 2. The van der Waals surface area contributed by atoms with Gasteiger partial charge in [-0.15, -0.1) is 0 Å². The van der Waals surface area contributed by atoms with Crippen LogP contribution in [-0.4, -0.2) is 13.4 Å². The minimum atomic E-state index is -0.230. The number of fused-ring (bicyclic) bond motifs is 8. The molecule has 4 heterocycles. The highest BCUT2D eigenvalue weighted by molar-refractivity contribution is 7.01. The third kappa shape index (κ3) is 10.2. The van der Waals surface area contributed by atoms with Crippen LogP contribution in [0.2, 0.25) is 0 Å². The van der Waals surface area contributed by atoms with E-state index in [9.17, 15) is 0 Å². The van der Waals surface area contributed by atoms with Crippen LogP contribution < -0.4 is 42.3 Å². The number of hydrogen-bond donors (Lipinski definition) is 0. The molecule has 0 spiro atoms. The summed E-state index contributed by atoms with van der Waals surface area (Å²) in [5, 5.41) is 8.12. The van der Waals surface area contributed by atoms with Crippen molar-refractivity contribution in [1.82, 2.24) is 0 Å². The first kappa shape index (κ1) is 66.2. The van der Waals surface area contributed by atoms with Crippen molar-refractivity contribution in [3.05, 3.63) is 165 Å². The van der Waals surface area contributed by atoms with Crippen LogP contribution in [-0.2, 0) is 54.1 Å². The van der Waals surface area contributed by atoms with E-state index in [1.54, 1.807) is 0 Å². The maximum atomic E-state index is 7.57. The quantitative estimate of drug-likeness (QED) is 0.127. The second-order valence-electron chi connectivity index (χ2n) is 40.3. The zero-order valence-electron chi connectivity index (χ0n) is 64.4. The Labute approximate surface area is 578 Å². The summed E-state index contributed by atoms with van der Waals surface area (Å²) in [5.41, 5.74) is 30.1. The lowest BCUT2D eigenvalue weighted by atomic mass is 9.31. The van der Waals surface area contributed by atoms with Crippen LogP contribution in [0.15, 0.2) is 109 Å². The van der Waals surface area contributed by atoms with Gasteiger partial charge in [-0.25, -0.2) is 0 Å². The molecule has 0 unspecified atom stereocenters. The van der Waals surface area contributed by atoms with Crippen molar-refractivity contribution in [3.63, 3.8) is 0 Å². The maximum Gasteiger partial charge on any atom is 0.252 e. The summed E-state index contributed by atoms with van der Waals surface area (Å²) < 4.78 is 15.1. The summed E-state index contributed by atoms with van der Waals surface area (Å²) in [4.78, 5) is 0. The van der Waals surface area contributed by atoms with E-state index < -0.39 is 0 Å². The fourth-order valence-electron chi connectivity index (χ4n) is 16.8. The Morgan fingerprint density at radius 1 is 0.219 bits per heavy atom. The molecule has 0 saturated carbocycles. The minimum absolute atomic E-state index is 0.0827. The lowest BCUT2D eigenvalue weighted by Gasteiger charge is -2.40. The monoisotopic (exact) mass is 1270 g/mol. The molecule has 4 heteroatoms. The normalized spacial score (nSPS) is 14.9. The van der Waals surface area contributed by atoms with E-state index in [1.807, 2.05) is 0 Å². The van der Waals surface area contributed by atoms with Gasteiger partial charge in [0.2, 0.25) is 0 Å². The zero-order chi connectivity index (χ0) is 69.9. The molecule has 10 aromatic rings. The van der Waals surface area contributed by atoms with Gasteiger partial charge < -0.3 is 9.47 Å². The molecule has 0 fully saturated rings. The Bertz CT molecular complexity index is 4620. The first-order valence-corrected chi connectivity index (χ1v) is 36.2. The zero-order valence-corrected chi connectivity index (χ0v) is 64.4. The van der Waals surface area contributed by atoms with Crippen LogP contribution in [0.4, 0.5) is 0 Å². The topological polar surface area (TPSA) is 18.5 Å². The molecule has 96 heavy (non-hydrogen) atoms. The van der Waals surface area contributed by atoms with Crippen molar-refractivity contribution in [3.8, 4) is 67.5 Å². The van der Waals surface area contributed by atoms with E-state index in [1.165, 1.54) is 165 Å². The van der Waals surface area contributed by atoms with E-state index in [0.717, 1.165) is 23.0 Å². The summed E-state index contributed by atoms with van der Waals surface area (Å²) in [7, 11) is 0. The summed E-state index contributed by atoms with van der Waals surface area (Å²) in [5.74, 6) is 3.88. The van der Waals surface area contributed by atoms with Gasteiger partial charge in [-0.3, -0.25) is 0 Å². The highest BCUT2D eigenvalue weighted by Crippen LogP contribution is 2.56. The van der Waals surface area contributed by atoms with Crippen molar-refractivity contribution in [2.24, 2.45) is 0 Å². The highest BCUT2D eigenvalue weighted by Gasteiger charge is 2.47. The average Bonchev–Trinajstić information content (AvgIpc) is 0.664. The van der Waals surface area contributed by atoms with Crippen LogP contribution >= 0.6 is 0 Å². The molecule has 14 rings (SSSR count). The molecule has 0 atom stereocenters. The second kappa shape index (κ2) is 20.3. The molecule has 2 nitrogen and oxygen atoms in total. The maximum absolute atomic E-state index is 7.57. The van der Waals surface area contributed by atoms with Gasteiger partial charge in [-0.1, -0.05) is 291 Å². The van der Waals surface area contributed by atoms with Crippen LogP contribution in [0, 0.1) is 0 Å². The van der Waals surface area contributed by atoms with Gasteiger partial charge in [-0.05, 0) is 245 Å². The molecule has 0 N–H and O–H groups in total. The molecule has 0 aromatic heterocycles. The van der Waals surface area contributed by atoms with E-state index in [2.05, 4.69) is 317 Å². The Morgan fingerprint density at radius 3 is 0.760 bits per heavy atom. The Balaban J connectivity index is 1.32. The predicted octanol–water partition coefficient (Wildman–Crippen LogP) is 22.1. The molecule has 10 aromatic carbocycles. The van der Waals surface area contributed by atoms with Crippen LogP contribution in [0.3, 0.4) is 0 Å². The van der Waals surface area contributed by atoms with Crippen molar-refractivity contribution < 1.29 is 9.47 Å². The van der Waals surface area contributed by atoms with Crippen molar-refractivity contribution in [2.75, 3.05) is 0 Å². The molecule has 4 aliphatic heterocycles. The van der Waals surface area contributed by atoms with Gasteiger partial charge in [0.15, 0.2) is 0 Å². The summed E-state index contributed by atoms with van der Waals surface area (Å²) in [6, 6.07) is 45.8. The molecule has 0 amide bonds. The predicted molar refractivity (Wildman–Crippen MR) is 421 cm³/mol. The van der Waals surface area contributed by atoms with Gasteiger partial charge in [0.25, 0.3) is 13.4 Å². The summed E-state index contributed by atoms with van der Waals surface area (Å²) >= 11 is 0. The van der Waals surface area contributed by atoms with Gasteiger partial charge in [0.1, 0.15) is 23.0 Å². The molecular formula is C92H108B2O2. The van der Waals surface area contributed by atoms with Crippen LogP contribution in [0.5, 0.6) is 23.0 Å². The third-order valence-corrected chi connectivity index (χ3v) is 22.6. The minimum Gasteiger partial charge on any atom is -0.458 e. The Morgan fingerprint density at radius 2 is 0.490 bits per heavy atom. The molecule has 0 bridgehead atoms. The fraction of sp³-hybridized carbons (Fsp3) is 0.435. The third-order valence-electron chi connectivity index (χ3n) is 22.6. The Kier molecular flexibility index (Phi) is 14.0. The number of hydrogen-bond acceptors (Lipinski definition) is 2. The Hall–Kier alpha value is -7.03. The second-order valence-corrected chi connectivity index (χ2v) is 40.3. The van der Waals surface area contributed by atoms with Gasteiger partial charge in [-0.2, -0.15) is 0 Å². The van der Waals surface area contributed by atoms with E-state index >= 15 is 0 Å². The molecule has 0 radical (unpaired) electrons. The molecular weight excluding hydrogens is 1160 g/mol. The SMILES string of the molecule is CC(C)(C)c1ccc2c(c1)Oc1cc(C(C)(C)C)cc3c1B2c1cc2c(-c4c(C(C)(C)C)cc(C(C)(C)C)cc4C(C)(C)C)cc4c5c(cc6c(-c7c(C(C)(C)C)cc(C(C)(C)C)cc7C(C)(C)C)cc-3c1c6c25)B1c2ccc(C(C)(C)C)cc2Oc2cc(C(C)(C)C)cc-4c21. The standard InChI is InChI=1S/C92H108B2O2/c1-83(2,3)49-31-33-67-71(41-49)95-73-43-51(85(7,8)9)35-61-57-45-56(76-65(91(25,26)27)39-54(88(16,17)18)40-66(76)92(28,29)30)60-48-70-78-58(62-36-52(86(10,11)12)44-74-82(62)94(70)68-34-32-50(84(4,5)6)42-72(68)96-74)46-55(59-47-69(93(67)81(61)73)77(57)79(60)80(59)78)75-63(89(19,20)21)37-53(87(13,14)15)38-64(75)90(22,23)24/h31-48H,1-30H3. The first-order chi connectivity index (χ1) is 43.9. The van der Waals surface area contributed by atoms with Crippen molar-refractivity contribution in [2.45, 2.75) is 262 Å². The molecule has 0 aliphatic carbocycles. The highest BCUT2D eigenvalue weighted by atomic mass is 16.5. The molecule has 4 aliphatic rings. The smallest absolute Gasteiger partial charge is 0.252 e. The van der Waals surface area contributed by atoms with Crippen molar-refractivity contribution >= 4 is 78.5 Å². The van der Waals surface area contributed by atoms with Crippen molar-refractivity contribution in [1.29, 1.82) is 0 Å². The lowest BCUT2D eigenvalue weighted by Crippen LogP contribution is -2.58. The fourth-order valence-corrected chi connectivity index (χ4v) is 16.8. The number of benzene rings is 10. The molecule has 0 saturated heterocycles. The first-order valence-electron chi connectivity index (χ1n) is 36.2. The largest absolute Gasteiger partial charge is 0.458 e. The van der Waals surface area contributed by atoms with E-state index in [-0.39, 0.29) is 67.6 Å². The number of ether oxygens (including phenoxy) is 2. The summed E-state index contributed by atoms with van der Waals surface area (Å²) in [6.07, 6.45) is 0. The summed E-state index contributed by atoms with van der Waals surface area (Å²) in [6.45, 7) is 71.9. The van der Waals surface area contributed by atoms with Gasteiger partial charge in [0, 0.05) is 0 Å². The van der Waals surface area contributed by atoms with Gasteiger partial charge >= 0.3 is 0 Å². The average molecular weight is 1270 g/mol. The molecule has 494 valence electrons. The van der Waals surface area contributed by atoms with Gasteiger partial charge in [0.05, 0.1) is 0 Å². The van der Waals surface area contributed by atoms with Crippen LogP contribution in [0.25, 0.3) is 76.8 Å².